The van der Waals surface area contributed by atoms with Crippen molar-refractivity contribution in [1.82, 2.24) is 5.16 Å². The van der Waals surface area contributed by atoms with Gasteiger partial charge in [0.2, 0.25) is 0 Å². The highest BCUT2D eigenvalue weighted by molar-refractivity contribution is 6.30. The molecule has 0 spiro atoms. The van der Waals surface area contributed by atoms with Crippen LogP contribution in [0.4, 0.5) is 0 Å². The van der Waals surface area contributed by atoms with E-state index in [9.17, 15) is 0 Å². The average Bonchev–Trinajstić information content (AvgIpc) is 2.93. The largest absolute Gasteiger partial charge is 0.358 e. The minimum atomic E-state index is -0.317. The molecular weight excluding hydrogens is 248 g/mol. The molecule has 1 saturated carbocycles. The van der Waals surface area contributed by atoms with Crippen LogP contribution in [-0.4, -0.2) is 5.16 Å². The van der Waals surface area contributed by atoms with Crippen LogP contribution in [0.15, 0.2) is 22.7 Å². The number of benzene rings is 1. The lowest BCUT2D eigenvalue weighted by Gasteiger charge is -2.10. The van der Waals surface area contributed by atoms with Crippen molar-refractivity contribution in [2.75, 3.05) is 0 Å². The van der Waals surface area contributed by atoms with E-state index in [4.69, 9.17) is 21.9 Å². The molecule has 1 fully saturated rings. The minimum Gasteiger partial charge on any atom is -0.358 e. The molecule has 0 radical (unpaired) electrons. The number of aromatic nitrogens is 1. The number of rotatable bonds is 2. The van der Waals surface area contributed by atoms with E-state index in [0.717, 1.165) is 46.0 Å². The predicted molar refractivity (Wildman–Crippen MR) is 71.5 cm³/mol. The second-order valence-corrected chi connectivity index (χ2v) is 5.52. The standard InChI is InChI=1S/C14H15ClN2O/c1-8-7-10(15)3-4-11(8)12-9(2)17-18-13(12)14(16)5-6-14/h3-4,7H,5-6,16H2,1-2H3. The molecular formula is C14H15ClN2O. The molecule has 2 N–H and O–H groups in total. The molecule has 0 unspecified atom stereocenters. The number of nitrogens with zero attached hydrogens (tertiary/aromatic N) is 1. The van der Waals surface area contributed by atoms with Crippen LogP contribution >= 0.6 is 11.6 Å². The molecule has 1 aromatic heterocycles. The van der Waals surface area contributed by atoms with Crippen LogP contribution in [0.25, 0.3) is 11.1 Å². The highest BCUT2D eigenvalue weighted by Gasteiger charge is 2.46. The maximum atomic E-state index is 6.24. The zero-order chi connectivity index (χ0) is 12.9. The summed E-state index contributed by atoms with van der Waals surface area (Å²) >= 11 is 6.00. The van der Waals surface area contributed by atoms with Crippen molar-refractivity contribution in [3.63, 3.8) is 0 Å². The summed E-state index contributed by atoms with van der Waals surface area (Å²) in [6, 6.07) is 5.84. The highest BCUT2D eigenvalue weighted by Crippen LogP contribution is 2.48. The van der Waals surface area contributed by atoms with Crippen molar-refractivity contribution in [2.24, 2.45) is 5.73 Å². The summed E-state index contributed by atoms with van der Waals surface area (Å²) in [4.78, 5) is 0. The SMILES string of the molecule is Cc1cc(Cl)ccc1-c1c(C)noc1C1(N)CC1. The molecule has 1 heterocycles. The van der Waals surface area contributed by atoms with Crippen LogP contribution in [0.2, 0.25) is 5.02 Å². The van der Waals surface area contributed by atoms with E-state index < -0.39 is 0 Å². The van der Waals surface area contributed by atoms with Crippen molar-refractivity contribution < 1.29 is 4.52 Å². The Kier molecular flexibility index (Phi) is 2.50. The Hall–Kier alpha value is -1.32. The van der Waals surface area contributed by atoms with Crippen LogP contribution in [0, 0.1) is 13.8 Å². The van der Waals surface area contributed by atoms with Gasteiger partial charge in [-0.05, 0) is 49.9 Å². The van der Waals surface area contributed by atoms with Gasteiger partial charge in [-0.1, -0.05) is 22.8 Å². The van der Waals surface area contributed by atoms with Crippen LogP contribution in [0.5, 0.6) is 0 Å². The summed E-state index contributed by atoms with van der Waals surface area (Å²) in [5, 5.41) is 4.81. The molecule has 0 amide bonds. The average molecular weight is 263 g/mol. The minimum absolute atomic E-state index is 0.317. The Labute approximate surface area is 111 Å². The van der Waals surface area contributed by atoms with Gasteiger partial charge in [0.15, 0.2) is 5.76 Å². The first-order valence-corrected chi connectivity index (χ1v) is 6.41. The molecule has 2 aromatic rings. The van der Waals surface area contributed by atoms with Gasteiger partial charge in [0.05, 0.1) is 11.2 Å². The highest BCUT2D eigenvalue weighted by atomic mass is 35.5. The molecule has 1 aromatic carbocycles. The van der Waals surface area contributed by atoms with Crippen molar-refractivity contribution in [2.45, 2.75) is 32.2 Å². The van der Waals surface area contributed by atoms with Gasteiger partial charge in [-0.25, -0.2) is 0 Å². The van der Waals surface area contributed by atoms with Gasteiger partial charge >= 0.3 is 0 Å². The zero-order valence-corrected chi connectivity index (χ0v) is 11.2. The lowest BCUT2D eigenvalue weighted by Crippen LogP contribution is -2.18. The van der Waals surface area contributed by atoms with Gasteiger partial charge in [0.25, 0.3) is 0 Å². The fourth-order valence-electron chi connectivity index (χ4n) is 2.30. The van der Waals surface area contributed by atoms with E-state index in [1.54, 1.807) is 0 Å². The van der Waals surface area contributed by atoms with E-state index in [1.165, 1.54) is 0 Å². The summed E-state index contributed by atoms with van der Waals surface area (Å²) < 4.78 is 5.45. The van der Waals surface area contributed by atoms with Crippen LogP contribution in [0.1, 0.15) is 29.9 Å². The fourth-order valence-corrected chi connectivity index (χ4v) is 2.52. The van der Waals surface area contributed by atoms with Crippen molar-refractivity contribution in [3.05, 3.63) is 40.2 Å². The molecule has 0 atom stereocenters. The number of nitrogens with two attached hydrogens (primary N) is 1. The van der Waals surface area contributed by atoms with Crippen molar-refractivity contribution in [1.29, 1.82) is 0 Å². The van der Waals surface area contributed by atoms with Gasteiger partial charge in [-0.3, -0.25) is 0 Å². The molecule has 4 heteroatoms. The maximum Gasteiger partial charge on any atom is 0.164 e. The van der Waals surface area contributed by atoms with Gasteiger partial charge in [-0.15, -0.1) is 0 Å². The molecule has 18 heavy (non-hydrogen) atoms. The molecule has 0 saturated heterocycles. The Balaban J connectivity index is 2.19. The lowest BCUT2D eigenvalue weighted by atomic mass is 9.96. The zero-order valence-electron chi connectivity index (χ0n) is 10.5. The first-order chi connectivity index (χ1) is 8.51. The molecule has 0 aliphatic heterocycles. The Morgan fingerprint density at radius 2 is 2.06 bits per heavy atom. The molecule has 1 aliphatic rings. The fraction of sp³-hybridized carbons (Fsp3) is 0.357. The van der Waals surface area contributed by atoms with Crippen molar-refractivity contribution in [3.8, 4) is 11.1 Å². The second kappa shape index (κ2) is 3.84. The number of hydrogen-bond acceptors (Lipinski definition) is 3. The quantitative estimate of drug-likeness (QED) is 0.900. The smallest absolute Gasteiger partial charge is 0.164 e. The maximum absolute atomic E-state index is 6.24. The summed E-state index contributed by atoms with van der Waals surface area (Å²) in [6.07, 6.45) is 1.92. The van der Waals surface area contributed by atoms with E-state index >= 15 is 0 Å². The number of hydrogen-bond donors (Lipinski definition) is 1. The molecule has 3 rings (SSSR count). The third-order valence-corrected chi connectivity index (χ3v) is 3.80. The molecule has 3 nitrogen and oxygen atoms in total. The summed E-state index contributed by atoms with van der Waals surface area (Å²) in [6.45, 7) is 3.98. The van der Waals surface area contributed by atoms with Crippen molar-refractivity contribution >= 4 is 11.6 Å². The van der Waals surface area contributed by atoms with E-state index in [0.29, 0.717) is 0 Å². The molecule has 0 bridgehead atoms. The molecule has 94 valence electrons. The lowest BCUT2D eigenvalue weighted by molar-refractivity contribution is 0.352. The predicted octanol–water partition coefficient (Wildman–Crippen LogP) is 3.56. The topological polar surface area (TPSA) is 52.0 Å². The van der Waals surface area contributed by atoms with E-state index in [-0.39, 0.29) is 5.54 Å². The summed E-state index contributed by atoms with van der Waals surface area (Å²) in [7, 11) is 0. The number of aryl methyl sites for hydroxylation is 2. The first kappa shape index (κ1) is 11.8. The Morgan fingerprint density at radius 1 is 1.33 bits per heavy atom. The van der Waals surface area contributed by atoms with E-state index in [2.05, 4.69) is 5.16 Å². The Bertz CT molecular complexity index is 614. The normalized spacial score (nSPS) is 16.9. The third kappa shape index (κ3) is 1.74. The second-order valence-electron chi connectivity index (χ2n) is 5.09. The van der Waals surface area contributed by atoms with Crippen LogP contribution in [0.3, 0.4) is 0 Å². The third-order valence-electron chi connectivity index (χ3n) is 3.56. The Morgan fingerprint density at radius 3 is 2.67 bits per heavy atom. The number of halogens is 1. The summed E-state index contributed by atoms with van der Waals surface area (Å²) in [5.41, 5.74) is 10.0. The van der Waals surface area contributed by atoms with Gasteiger partial charge in [-0.2, -0.15) is 0 Å². The first-order valence-electron chi connectivity index (χ1n) is 6.03. The monoisotopic (exact) mass is 262 g/mol. The van der Waals surface area contributed by atoms with Gasteiger partial charge < -0.3 is 10.3 Å². The van der Waals surface area contributed by atoms with E-state index in [1.807, 2.05) is 32.0 Å². The molecule has 1 aliphatic carbocycles. The van der Waals surface area contributed by atoms with Crippen LogP contribution < -0.4 is 5.73 Å². The van der Waals surface area contributed by atoms with Crippen LogP contribution in [-0.2, 0) is 5.54 Å². The van der Waals surface area contributed by atoms with Gasteiger partial charge in [0, 0.05) is 10.6 Å². The van der Waals surface area contributed by atoms with Gasteiger partial charge in [0.1, 0.15) is 0 Å². The summed E-state index contributed by atoms with van der Waals surface area (Å²) in [5.74, 6) is 0.811.